The highest BCUT2D eigenvalue weighted by Crippen LogP contribution is 1.97. The highest BCUT2D eigenvalue weighted by molar-refractivity contribution is 7.80. The van der Waals surface area contributed by atoms with Crippen molar-refractivity contribution in [3.05, 3.63) is 0 Å². The Morgan fingerprint density at radius 1 is 1.18 bits per heavy atom. The molecular weight excluding hydrogens is 158 g/mol. The molecule has 0 saturated carbocycles. The zero-order chi connectivity index (χ0) is 8.27. The zero-order valence-corrected chi connectivity index (χ0v) is 7.79. The maximum atomic E-state index is 5.03. The molecule has 4 heteroatoms. The van der Waals surface area contributed by atoms with Crippen molar-refractivity contribution in [3.8, 4) is 0 Å². The first kappa shape index (κ1) is 8.74. The standard InChI is InChI=1S/C7H15N3S/c1-3-5-8-6(4-2)10-7(11)9-5/h5-6,8H,3-4H2,1-2H3,(H2,9,10,11). The molecule has 0 amide bonds. The summed E-state index contributed by atoms with van der Waals surface area (Å²) >= 11 is 5.03. The summed E-state index contributed by atoms with van der Waals surface area (Å²) in [5.41, 5.74) is 0. The van der Waals surface area contributed by atoms with E-state index in [2.05, 4.69) is 29.8 Å². The summed E-state index contributed by atoms with van der Waals surface area (Å²) < 4.78 is 0. The maximum Gasteiger partial charge on any atom is 0.168 e. The summed E-state index contributed by atoms with van der Waals surface area (Å²) in [4.78, 5) is 0. The first-order valence-corrected chi connectivity index (χ1v) is 4.50. The van der Waals surface area contributed by atoms with Crippen LogP contribution in [0.4, 0.5) is 0 Å². The van der Waals surface area contributed by atoms with Crippen LogP contribution in [0.25, 0.3) is 0 Å². The van der Waals surface area contributed by atoms with Crippen LogP contribution in [0, 0.1) is 0 Å². The van der Waals surface area contributed by atoms with Crippen LogP contribution < -0.4 is 16.0 Å². The van der Waals surface area contributed by atoms with Crippen molar-refractivity contribution in [3.63, 3.8) is 0 Å². The van der Waals surface area contributed by atoms with Gasteiger partial charge in [0.2, 0.25) is 0 Å². The molecule has 1 heterocycles. The number of nitrogens with one attached hydrogen (secondary N) is 3. The number of thiocarbonyl (C=S) groups is 1. The lowest BCUT2D eigenvalue weighted by atomic mass is 10.3. The number of rotatable bonds is 2. The Balaban J connectivity index is 2.43. The van der Waals surface area contributed by atoms with Gasteiger partial charge in [-0.3, -0.25) is 5.32 Å². The van der Waals surface area contributed by atoms with Gasteiger partial charge in [-0.25, -0.2) is 0 Å². The summed E-state index contributed by atoms with van der Waals surface area (Å²) in [6, 6.07) is 0. The highest BCUT2D eigenvalue weighted by atomic mass is 32.1. The van der Waals surface area contributed by atoms with Gasteiger partial charge in [-0.05, 0) is 25.1 Å². The highest BCUT2D eigenvalue weighted by Gasteiger charge is 2.18. The lowest BCUT2D eigenvalue weighted by molar-refractivity contribution is 0.340. The number of hydrogen-bond donors (Lipinski definition) is 3. The summed E-state index contributed by atoms with van der Waals surface area (Å²) in [6.07, 6.45) is 2.79. The van der Waals surface area contributed by atoms with E-state index in [1.807, 2.05) is 0 Å². The van der Waals surface area contributed by atoms with Crippen LogP contribution in [0.5, 0.6) is 0 Å². The molecule has 3 nitrogen and oxygen atoms in total. The largest absolute Gasteiger partial charge is 0.347 e. The van der Waals surface area contributed by atoms with Crippen molar-refractivity contribution in [1.29, 1.82) is 0 Å². The van der Waals surface area contributed by atoms with Gasteiger partial charge < -0.3 is 10.6 Å². The second-order valence-corrected chi connectivity index (χ2v) is 3.11. The van der Waals surface area contributed by atoms with E-state index in [1.165, 1.54) is 0 Å². The van der Waals surface area contributed by atoms with Crippen molar-refractivity contribution >= 4 is 17.3 Å². The third kappa shape index (κ3) is 2.31. The minimum absolute atomic E-state index is 0.341. The van der Waals surface area contributed by atoms with Crippen LogP contribution >= 0.6 is 12.2 Å². The molecule has 1 aliphatic rings. The predicted molar refractivity (Wildman–Crippen MR) is 50.2 cm³/mol. The molecule has 64 valence electrons. The van der Waals surface area contributed by atoms with Crippen molar-refractivity contribution < 1.29 is 0 Å². The van der Waals surface area contributed by atoms with E-state index < -0.39 is 0 Å². The van der Waals surface area contributed by atoms with Crippen LogP contribution in [0.1, 0.15) is 26.7 Å². The molecule has 1 rings (SSSR count). The molecule has 0 aliphatic carbocycles. The van der Waals surface area contributed by atoms with Gasteiger partial charge in [0.15, 0.2) is 5.11 Å². The summed E-state index contributed by atoms with van der Waals surface area (Å²) in [5.74, 6) is 0. The molecule has 0 spiro atoms. The van der Waals surface area contributed by atoms with E-state index in [0.717, 1.165) is 18.0 Å². The van der Waals surface area contributed by atoms with Crippen LogP contribution in [0.15, 0.2) is 0 Å². The Labute approximate surface area is 72.9 Å². The Morgan fingerprint density at radius 3 is 2.00 bits per heavy atom. The fourth-order valence-corrected chi connectivity index (χ4v) is 1.41. The third-order valence-electron chi connectivity index (χ3n) is 1.83. The van der Waals surface area contributed by atoms with Crippen molar-refractivity contribution in [1.82, 2.24) is 16.0 Å². The minimum atomic E-state index is 0.341. The molecule has 0 aromatic carbocycles. The Hall–Kier alpha value is -0.350. The van der Waals surface area contributed by atoms with E-state index in [1.54, 1.807) is 0 Å². The molecule has 2 unspecified atom stereocenters. The van der Waals surface area contributed by atoms with E-state index in [-0.39, 0.29) is 0 Å². The summed E-state index contributed by atoms with van der Waals surface area (Å²) in [7, 11) is 0. The van der Waals surface area contributed by atoms with Gasteiger partial charge in [-0.1, -0.05) is 13.8 Å². The molecule has 0 aromatic heterocycles. The first-order valence-electron chi connectivity index (χ1n) is 4.09. The van der Waals surface area contributed by atoms with Crippen LogP contribution in [-0.4, -0.2) is 17.4 Å². The lowest BCUT2D eigenvalue weighted by Crippen LogP contribution is -2.64. The first-order chi connectivity index (χ1) is 5.26. The summed E-state index contributed by atoms with van der Waals surface area (Å²) in [6.45, 7) is 4.26. The summed E-state index contributed by atoms with van der Waals surface area (Å²) in [5, 5.41) is 10.4. The predicted octanol–water partition coefficient (Wildman–Crippen LogP) is 0.526. The topological polar surface area (TPSA) is 36.1 Å². The molecule has 1 aliphatic heterocycles. The maximum absolute atomic E-state index is 5.03. The fraction of sp³-hybridized carbons (Fsp3) is 0.857. The molecule has 1 saturated heterocycles. The van der Waals surface area contributed by atoms with Crippen molar-refractivity contribution in [2.45, 2.75) is 39.0 Å². The molecule has 0 radical (unpaired) electrons. The van der Waals surface area contributed by atoms with Gasteiger partial charge in [0.1, 0.15) is 0 Å². The smallest absolute Gasteiger partial charge is 0.168 e. The third-order valence-corrected chi connectivity index (χ3v) is 2.07. The average Bonchev–Trinajstić information content (AvgIpc) is 2.03. The molecule has 1 fully saturated rings. The fourth-order valence-electron chi connectivity index (χ4n) is 1.12. The quantitative estimate of drug-likeness (QED) is 0.532. The second-order valence-electron chi connectivity index (χ2n) is 2.71. The van der Waals surface area contributed by atoms with E-state index >= 15 is 0 Å². The Morgan fingerprint density at radius 2 is 1.64 bits per heavy atom. The van der Waals surface area contributed by atoms with E-state index in [4.69, 9.17) is 12.2 Å². The van der Waals surface area contributed by atoms with Gasteiger partial charge >= 0.3 is 0 Å². The minimum Gasteiger partial charge on any atom is -0.347 e. The van der Waals surface area contributed by atoms with Gasteiger partial charge in [-0.15, -0.1) is 0 Å². The monoisotopic (exact) mass is 173 g/mol. The second kappa shape index (κ2) is 3.88. The molecule has 3 N–H and O–H groups in total. The molecule has 0 aromatic rings. The molecule has 0 bridgehead atoms. The normalized spacial score (nSPS) is 30.9. The van der Waals surface area contributed by atoms with Crippen LogP contribution in [0.3, 0.4) is 0 Å². The van der Waals surface area contributed by atoms with Gasteiger partial charge in [0.25, 0.3) is 0 Å². The van der Waals surface area contributed by atoms with E-state index in [9.17, 15) is 0 Å². The molecule has 11 heavy (non-hydrogen) atoms. The van der Waals surface area contributed by atoms with Crippen molar-refractivity contribution in [2.75, 3.05) is 0 Å². The van der Waals surface area contributed by atoms with E-state index in [0.29, 0.717) is 12.3 Å². The van der Waals surface area contributed by atoms with Gasteiger partial charge in [-0.2, -0.15) is 0 Å². The lowest BCUT2D eigenvalue weighted by Gasteiger charge is -2.33. The SMILES string of the molecule is CCC1NC(=S)NC(CC)N1. The molecular formula is C7H15N3S. The van der Waals surface area contributed by atoms with Crippen LogP contribution in [0.2, 0.25) is 0 Å². The Kier molecular flexibility index (Phi) is 3.08. The van der Waals surface area contributed by atoms with Crippen LogP contribution in [-0.2, 0) is 0 Å². The van der Waals surface area contributed by atoms with Crippen molar-refractivity contribution in [2.24, 2.45) is 0 Å². The molecule has 2 atom stereocenters. The van der Waals surface area contributed by atoms with Gasteiger partial charge in [0.05, 0.1) is 12.3 Å². The zero-order valence-electron chi connectivity index (χ0n) is 6.98. The Bertz CT molecular complexity index is 135. The number of hydrogen-bond acceptors (Lipinski definition) is 2. The van der Waals surface area contributed by atoms with Gasteiger partial charge in [0, 0.05) is 0 Å². The average molecular weight is 173 g/mol.